The average Bonchev–Trinajstić information content (AvgIpc) is 2.91. The Morgan fingerprint density at radius 2 is 1.83 bits per heavy atom. The summed E-state index contributed by atoms with van der Waals surface area (Å²) in [6, 6.07) is 1.85. The van der Waals surface area contributed by atoms with Gasteiger partial charge in [-0.1, -0.05) is 0 Å². The lowest BCUT2D eigenvalue weighted by Gasteiger charge is -2.16. The topological polar surface area (TPSA) is 45.5 Å². The van der Waals surface area contributed by atoms with Crippen LogP contribution in [0.2, 0.25) is 0 Å². The molecule has 96 valence electrons. The molecule has 0 unspecified atom stereocenters. The van der Waals surface area contributed by atoms with Crippen LogP contribution in [0.4, 0.5) is 0 Å². The summed E-state index contributed by atoms with van der Waals surface area (Å²) in [7, 11) is 4.74. The fraction of sp³-hybridized carbons (Fsp3) is 0.250. The molecule has 5 nitrogen and oxygen atoms in total. The number of benzene rings is 1. The maximum Gasteiger partial charge on any atom is 0.204 e. The van der Waals surface area contributed by atoms with Gasteiger partial charge in [0.05, 0.1) is 37.8 Å². The molecule has 0 bridgehead atoms. The predicted octanol–water partition coefficient (Wildman–Crippen LogP) is 2.66. The normalized spacial score (nSPS) is 10.2. The Labute approximate surface area is 113 Å². The molecule has 0 saturated heterocycles. The van der Waals surface area contributed by atoms with E-state index in [0.29, 0.717) is 17.2 Å². The zero-order valence-corrected chi connectivity index (χ0v) is 11.9. The molecular formula is C12H13BrN2O3. The number of ether oxygens (including phenoxy) is 3. The van der Waals surface area contributed by atoms with Gasteiger partial charge in [-0.2, -0.15) is 0 Å². The van der Waals surface area contributed by atoms with E-state index in [0.717, 1.165) is 10.2 Å². The van der Waals surface area contributed by atoms with Gasteiger partial charge in [0.2, 0.25) is 5.75 Å². The van der Waals surface area contributed by atoms with Crippen LogP contribution in [0, 0.1) is 0 Å². The van der Waals surface area contributed by atoms with Gasteiger partial charge in [0.25, 0.3) is 0 Å². The van der Waals surface area contributed by atoms with Gasteiger partial charge in [-0.15, -0.1) is 0 Å². The lowest BCUT2D eigenvalue weighted by molar-refractivity contribution is 0.323. The summed E-state index contributed by atoms with van der Waals surface area (Å²) in [4.78, 5) is 4.02. The molecule has 0 aliphatic rings. The maximum atomic E-state index is 5.36. The third-order valence-electron chi connectivity index (χ3n) is 2.53. The van der Waals surface area contributed by atoms with Crippen LogP contribution in [0.5, 0.6) is 17.2 Å². The molecule has 0 aliphatic heterocycles. The van der Waals surface area contributed by atoms with E-state index in [9.17, 15) is 0 Å². The highest BCUT2D eigenvalue weighted by Gasteiger charge is 2.19. The molecule has 0 N–H and O–H groups in total. The predicted molar refractivity (Wildman–Crippen MR) is 70.9 cm³/mol. The summed E-state index contributed by atoms with van der Waals surface area (Å²) in [6.45, 7) is 0. The summed E-state index contributed by atoms with van der Waals surface area (Å²) >= 11 is 3.51. The van der Waals surface area contributed by atoms with Crippen LogP contribution in [-0.2, 0) is 0 Å². The Hall–Kier alpha value is -1.69. The van der Waals surface area contributed by atoms with Gasteiger partial charge in [0, 0.05) is 18.5 Å². The standard InChI is InChI=1S/C12H13BrN2O3/c1-16-9-6-8(15-5-4-14-7-15)10(13)12(18-3)11(9)17-2/h4-7H,1-3H3. The van der Waals surface area contributed by atoms with Crippen LogP contribution in [-0.4, -0.2) is 30.9 Å². The lowest BCUT2D eigenvalue weighted by Crippen LogP contribution is -2.00. The minimum atomic E-state index is 0.552. The van der Waals surface area contributed by atoms with E-state index in [-0.39, 0.29) is 0 Å². The second-order valence-corrected chi connectivity index (χ2v) is 4.24. The second-order valence-electron chi connectivity index (χ2n) is 3.45. The molecule has 0 saturated carbocycles. The van der Waals surface area contributed by atoms with Gasteiger partial charge < -0.3 is 18.8 Å². The van der Waals surface area contributed by atoms with Gasteiger partial charge in [-0.05, 0) is 15.9 Å². The number of methoxy groups -OCH3 is 3. The van der Waals surface area contributed by atoms with Crippen LogP contribution in [0.25, 0.3) is 5.69 Å². The first kappa shape index (κ1) is 12.8. The van der Waals surface area contributed by atoms with Crippen molar-refractivity contribution in [2.75, 3.05) is 21.3 Å². The van der Waals surface area contributed by atoms with E-state index in [1.165, 1.54) is 0 Å². The zero-order valence-electron chi connectivity index (χ0n) is 10.3. The van der Waals surface area contributed by atoms with Crippen LogP contribution >= 0.6 is 15.9 Å². The number of rotatable bonds is 4. The summed E-state index contributed by atoms with van der Waals surface area (Å²) in [5, 5.41) is 0. The summed E-state index contributed by atoms with van der Waals surface area (Å²) in [6.07, 6.45) is 5.24. The van der Waals surface area contributed by atoms with Crippen molar-refractivity contribution in [3.63, 3.8) is 0 Å². The smallest absolute Gasteiger partial charge is 0.204 e. The van der Waals surface area contributed by atoms with Crippen LogP contribution in [0.15, 0.2) is 29.3 Å². The molecule has 18 heavy (non-hydrogen) atoms. The molecule has 0 fully saturated rings. The molecule has 0 aliphatic carbocycles. The fourth-order valence-corrected chi connectivity index (χ4v) is 2.36. The van der Waals surface area contributed by atoms with Crippen molar-refractivity contribution in [2.45, 2.75) is 0 Å². The van der Waals surface area contributed by atoms with E-state index in [1.54, 1.807) is 33.9 Å². The largest absolute Gasteiger partial charge is 0.493 e. The minimum absolute atomic E-state index is 0.552. The number of aromatic nitrogens is 2. The van der Waals surface area contributed by atoms with Gasteiger partial charge in [-0.25, -0.2) is 4.98 Å². The van der Waals surface area contributed by atoms with Crippen molar-refractivity contribution < 1.29 is 14.2 Å². The molecule has 0 radical (unpaired) electrons. The fourth-order valence-electron chi connectivity index (χ4n) is 1.70. The highest BCUT2D eigenvalue weighted by molar-refractivity contribution is 9.10. The van der Waals surface area contributed by atoms with E-state index in [1.807, 2.05) is 16.8 Å². The SMILES string of the molecule is COc1cc(-n2ccnc2)c(Br)c(OC)c1OC. The summed E-state index contributed by atoms with van der Waals surface area (Å²) in [5.41, 5.74) is 0.863. The van der Waals surface area contributed by atoms with Crippen molar-refractivity contribution in [1.29, 1.82) is 0 Å². The molecule has 2 rings (SSSR count). The minimum Gasteiger partial charge on any atom is -0.493 e. The van der Waals surface area contributed by atoms with Gasteiger partial charge >= 0.3 is 0 Å². The molecule has 1 heterocycles. The number of hydrogen-bond acceptors (Lipinski definition) is 4. The average molecular weight is 313 g/mol. The molecule has 2 aromatic rings. The maximum absolute atomic E-state index is 5.36. The molecule has 0 atom stereocenters. The second kappa shape index (κ2) is 5.30. The Bertz CT molecular complexity index is 541. The molecule has 6 heteroatoms. The molecule has 1 aromatic carbocycles. The van der Waals surface area contributed by atoms with Gasteiger partial charge in [0.15, 0.2) is 11.5 Å². The van der Waals surface area contributed by atoms with Gasteiger partial charge in [-0.3, -0.25) is 0 Å². The molecule has 0 amide bonds. The van der Waals surface area contributed by atoms with Crippen LogP contribution < -0.4 is 14.2 Å². The van der Waals surface area contributed by atoms with Crippen molar-refractivity contribution >= 4 is 15.9 Å². The van der Waals surface area contributed by atoms with E-state index in [4.69, 9.17) is 14.2 Å². The summed E-state index contributed by atoms with van der Waals surface area (Å²) < 4.78 is 18.6. The van der Waals surface area contributed by atoms with Crippen molar-refractivity contribution in [3.05, 3.63) is 29.3 Å². The first-order chi connectivity index (χ1) is 8.72. The lowest BCUT2D eigenvalue weighted by atomic mass is 10.2. The number of hydrogen-bond donors (Lipinski definition) is 0. The molecule has 1 aromatic heterocycles. The van der Waals surface area contributed by atoms with E-state index >= 15 is 0 Å². The number of halogens is 1. The summed E-state index contributed by atoms with van der Waals surface area (Å²) in [5.74, 6) is 1.73. The van der Waals surface area contributed by atoms with Crippen LogP contribution in [0.3, 0.4) is 0 Å². The first-order valence-corrected chi connectivity index (χ1v) is 5.99. The molecular weight excluding hydrogens is 300 g/mol. The van der Waals surface area contributed by atoms with Crippen molar-refractivity contribution in [3.8, 4) is 22.9 Å². The quantitative estimate of drug-likeness (QED) is 0.870. The first-order valence-electron chi connectivity index (χ1n) is 5.19. The number of imidazole rings is 1. The Kier molecular flexibility index (Phi) is 3.76. The zero-order chi connectivity index (χ0) is 13.1. The van der Waals surface area contributed by atoms with E-state index in [2.05, 4.69) is 20.9 Å². The van der Waals surface area contributed by atoms with E-state index < -0.39 is 0 Å². The number of nitrogens with zero attached hydrogens (tertiary/aromatic N) is 2. The van der Waals surface area contributed by atoms with Crippen LogP contribution in [0.1, 0.15) is 0 Å². The highest BCUT2D eigenvalue weighted by atomic mass is 79.9. The molecule has 0 spiro atoms. The highest BCUT2D eigenvalue weighted by Crippen LogP contribution is 2.45. The Morgan fingerprint density at radius 1 is 1.11 bits per heavy atom. The van der Waals surface area contributed by atoms with Gasteiger partial charge in [0.1, 0.15) is 0 Å². The monoisotopic (exact) mass is 312 g/mol. The van der Waals surface area contributed by atoms with Crippen molar-refractivity contribution in [2.24, 2.45) is 0 Å². The van der Waals surface area contributed by atoms with Crippen molar-refractivity contribution in [1.82, 2.24) is 9.55 Å². The Balaban J connectivity index is 2.69. The Morgan fingerprint density at radius 3 is 2.33 bits per heavy atom. The third-order valence-corrected chi connectivity index (χ3v) is 3.30. The third kappa shape index (κ3) is 2.03.